The Morgan fingerprint density at radius 1 is 1.13 bits per heavy atom. The van der Waals surface area contributed by atoms with Gasteiger partial charge in [-0.05, 0) is 48.4 Å². The van der Waals surface area contributed by atoms with Crippen LogP contribution in [0.5, 0.6) is 17.2 Å². The maximum atomic E-state index is 13.3. The average molecular weight is 644 g/mol. The molecular weight excluding hydrogens is 624 g/mol. The van der Waals surface area contributed by atoms with Gasteiger partial charge in [-0.2, -0.15) is 9.78 Å². The smallest absolute Gasteiger partial charge is 0.312 e. The van der Waals surface area contributed by atoms with Gasteiger partial charge in [0.05, 0.1) is 22.0 Å². The van der Waals surface area contributed by atoms with E-state index in [0.29, 0.717) is 44.7 Å². The Hall–Kier alpha value is -3.77. The second-order valence-electron chi connectivity index (χ2n) is 8.38. The van der Waals surface area contributed by atoms with Crippen LogP contribution in [-0.2, 0) is 13.0 Å². The van der Waals surface area contributed by atoms with E-state index in [1.165, 1.54) is 17.0 Å². The van der Waals surface area contributed by atoms with E-state index in [0.717, 1.165) is 16.5 Å². The van der Waals surface area contributed by atoms with E-state index < -0.39 is 4.92 Å². The van der Waals surface area contributed by atoms with Gasteiger partial charge in [0, 0.05) is 27.0 Å². The van der Waals surface area contributed by atoms with E-state index in [4.69, 9.17) is 14.2 Å². The van der Waals surface area contributed by atoms with Crippen molar-refractivity contribution in [3.63, 3.8) is 0 Å². The Balaban J connectivity index is 1.56. The minimum Gasteiger partial charge on any atom is -0.481 e. The lowest BCUT2D eigenvalue weighted by Crippen LogP contribution is -2.22. The van der Waals surface area contributed by atoms with Gasteiger partial charge in [-0.15, -0.1) is 0 Å². The van der Waals surface area contributed by atoms with Crippen molar-refractivity contribution in [1.82, 2.24) is 9.66 Å². The molecule has 0 atom stereocenters. The molecule has 0 N–H and O–H groups in total. The first-order valence-corrected chi connectivity index (χ1v) is 13.2. The standard InChI is InChI=1S/C26H20Br2N4O6/c1-2-3-24-30-20-6-5-17(27)10-19(20)26(33)31(24)29-12-16-9-18(28)11-21(32(34)35)25(16)36-13-15-4-7-22-23(8-15)38-14-37-22/h4-12H,2-3,13-14H2,1H3. The minimum absolute atomic E-state index is 0.0150. The van der Waals surface area contributed by atoms with Crippen LogP contribution >= 0.6 is 31.9 Å². The summed E-state index contributed by atoms with van der Waals surface area (Å²) in [4.78, 5) is 29.3. The van der Waals surface area contributed by atoms with E-state index >= 15 is 0 Å². The van der Waals surface area contributed by atoms with Crippen LogP contribution in [0.2, 0.25) is 0 Å². The fourth-order valence-electron chi connectivity index (χ4n) is 3.99. The summed E-state index contributed by atoms with van der Waals surface area (Å²) >= 11 is 6.72. The lowest BCUT2D eigenvalue weighted by molar-refractivity contribution is -0.386. The molecule has 1 aromatic heterocycles. The van der Waals surface area contributed by atoms with Gasteiger partial charge in [0.1, 0.15) is 12.4 Å². The zero-order valence-corrected chi connectivity index (χ0v) is 23.2. The van der Waals surface area contributed by atoms with Crippen molar-refractivity contribution in [2.45, 2.75) is 26.4 Å². The van der Waals surface area contributed by atoms with E-state index in [9.17, 15) is 14.9 Å². The Kier molecular flexibility index (Phi) is 7.43. The fraction of sp³-hybridized carbons (Fsp3) is 0.192. The number of nitrogens with zero attached hydrogens (tertiary/aromatic N) is 4. The molecule has 3 aromatic carbocycles. The molecule has 4 aromatic rings. The number of ether oxygens (including phenoxy) is 3. The summed E-state index contributed by atoms with van der Waals surface area (Å²) in [7, 11) is 0. The molecule has 10 nitrogen and oxygen atoms in total. The first-order chi connectivity index (χ1) is 18.3. The molecule has 0 bridgehead atoms. The van der Waals surface area contributed by atoms with Crippen LogP contribution in [-0.4, -0.2) is 27.6 Å². The number of hydrogen-bond acceptors (Lipinski definition) is 8. The van der Waals surface area contributed by atoms with Gasteiger partial charge in [-0.25, -0.2) is 4.98 Å². The van der Waals surface area contributed by atoms with Gasteiger partial charge in [-0.1, -0.05) is 44.8 Å². The molecule has 0 radical (unpaired) electrons. The number of nitro groups is 1. The molecule has 0 saturated heterocycles. The number of fused-ring (bicyclic) bond motifs is 2. The highest BCUT2D eigenvalue weighted by atomic mass is 79.9. The van der Waals surface area contributed by atoms with Crippen molar-refractivity contribution in [3.05, 3.63) is 94.9 Å². The van der Waals surface area contributed by atoms with Crippen molar-refractivity contribution < 1.29 is 19.1 Å². The van der Waals surface area contributed by atoms with E-state index in [1.807, 2.05) is 13.0 Å². The summed E-state index contributed by atoms with van der Waals surface area (Å²) in [5, 5.41) is 16.7. The number of rotatable bonds is 8. The quantitative estimate of drug-likeness (QED) is 0.132. The van der Waals surface area contributed by atoms with Gasteiger partial charge in [0.15, 0.2) is 11.5 Å². The summed E-state index contributed by atoms with van der Waals surface area (Å²) in [5.41, 5.74) is 1.03. The molecule has 5 rings (SSSR count). The highest BCUT2D eigenvalue weighted by Gasteiger charge is 2.22. The Bertz CT molecular complexity index is 1650. The second-order valence-corrected chi connectivity index (χ2v) is 10.2. The highest BCUT2D eigenvalue weighted by Crippen LogP contribution is 2.36. The topological polar surface area (TPSA) is 118 Å². The Labute approximate surface area is 233 Å². The predicted octanol–water partition coefficient (Wildman–Crippen LogP) is 5.97. The molecule has 1 aliphatic heterocycles. The van der Waals surface area contributed by atoms with Gasteiger partial charge in [0.2, 0.25) is 12.5 Å². The summed E-state index contributed by atoms with van der Waals surface area (Å²) < 4.78 is 19.1. The molecule has 0 spiro atoms. The van der Waals surface area contributed by atoms with Gasteiger partial charge < -0.3 is 14.2 Å². The second kappa shape index (κ2) is 10.9. The number of aryl methyl sites for hydroxylation is 1. The Morgan fingerprint density at radius 3 is 2.74 bits per heavy atom. The maximum Gasteiger partial charge on any atom is 0.312 e. The lowest BCUT2D eigenvalue weighted by Gasteiger charge is -2.12. The molecule has 0 saturated carbocycles. The zero-order chi connectivity index (χ0) is 26.8. The summed E-state index contributed by atoms with van der Waals surface area (Å²) in [6.07, 6.45) is 2.64. The molecule has 38 heavy (non-hydrogen) atoms. The first-order valence-electron chi connectivity index (χ1n) is 11.6. The van der Waals surface area contributed by atoms with Crippen LogP contribution in [0.4, 0.5) is 5.69 Å². The third kappa shape index (κ3) is 5.27. The van der Waals surface area contributed by atoms with Gasteiger partial charge in [-0.3, -0.25) is 14.9 Å². The van der Waals surface area contributed by atoms with Crippen LogP contribution < -0.4 is 19.8 Å². The molecule has 2 heterocycles. The SMILES string of the molecule is CCCc1nc2ccc(Br)cc2c(=O)n1N=Cc1cc(Br)cc([N+](=O)[O-])c1OCc1ccc2c(c1)OCO2. The zero-order valence-electron chi connectivity index (χ0n) is 20.0. The van der Waals surface area contributed by atoms with Gasteiger partial charge >= 0.3 is 5.69 Å². The van der Waals surface area contributed by atoms with Crippen LogP contribution in [0, 0.1) is 10.1 Å². The maximum absolute atomic E-state index is 13.3. The monoisotopic (exact) mass is 642 g/mol. The van der Waals surface area contributed by atoms with Crippen LogP contribution in [0.3, 0.4) is 0 Å². The predicted molar refractivity (Wildman–Crippen MR) is 148 cm³/mol. The van der Waals surface area contributed by atoms with Crippen LogP contribution in [0.25, 0.3) is 10.9 Å². The molecule has 194 valence electrons. The molecular formula is C26H20Br2N4O6. The number of aromatic nitrogens is 2. The molecule has 0 amide bonds. The molecule has 0 fully saturated rings. The summed E-state index contributed by atoms with van der Waals surface area (Å²) in [6.45, 7) is 2.15. The number of nitro benzene ring substituents is 1. The van der Waals surface area contributed by atoms with Crippen LogP contribution in [0.1, 0.15) is 30.3 Å². The largest absolute Gasteiger partial charge is 0.481 e. The molecule has 12 heteroatoms. The van der Waals surface area contributed by atoms with Crippen molar-refractivity contribution in [2.24, 2.45) is 5.10 Å². The first kappa shape index (κ1) is 25.9. The highest BCUT2D eigenvalue weighted by molar-refractivity contribution is 9.10. The lowest BCUT2D eigenvalue weighted by atomic mass is 10.1. The van der Waals surface area contributed by atoms with Crippen molar-refractivity contribution in [2.75, 3.05) is 6.79 Å². The Morgan fingerprint density at radius 2 is 1.95 bits per heavy atom. The number of hydrogen-bond donors (Lipinski definition) is 0. The van der Waals surface area contributed by atoms with E-state index in [1.54, 1.807) is 36.4 Å². The molecule has 1 aliphatic rings. The fourth-order valence-corrected chi connectivity index (χ4v) is 4.82. The summed E-state index contributed by atoms with van der Waals surface area (Å²) in [6, 6.07) is 13.6. The van der Waals surface area contributed by atoms with Crippen molar-refractivity contribution in [3.8, 4) is 17.2 Å². The molecule has 0 aliphatic carbocycles. The van der Waals surface area contributed by atoms with E-state index in [2.05, 4.69) is 41.9 Å². The minimum atomic E-state index is -0.527. The number of benzene rings is 3. The van der Waals surface area contributed by atoms with Crippen molar-refractivity contribution in [1.29, 1.82) is 0 Å². The normalized spacial score (nSPS) is 12.4. The molecule has 0 unspecified atom stereocenters. The van der Waals surface area contributed by atoms with E-state index in [-0.39, 0.29) is 30.4 Å². The third-order valence-corrected chi connectivity index (χ3v) is 6.69. The van der Waals surface area contributed by atoms with Crippen LogP contribution in [0.15, 0.2) is 67.4 Å². The average Bonchev–Trinajstić information content (AvgIpc) is 3.36. The summed E-state index contributed by atoms with van der Waals surface area (Å²) in [5.74, 6) is 1.70. The van der Waals surface area contributed by atoms with Gasteiger partial charge in [0.25, 0.3) is 5.56 Å². The van der Waals surface area contributed by atoms with Crippen molar-refractivity contribution >= 4 is 54.7 Å². The number of halogens is 2. The third-order valence-electron chi connectivity index (χ3n) is 5.74.